The molecule has 2 aliphatic rings. The number of piperidine rings is 1. The first-order valence-corrected chi connectivity index (χ1v) is 9.74. The monoisotopic (exact) mass is 384 g/mol. The molecule has 28 heavy (non-hydrogen) atoms. The van der Waals surface area contributed by atoms with Crippen molar-refractivity contribution in [3.63, 3.8) is 0 Å². The number of carbonyl (C=O) groups excluding carboxylic acids is 1. The van der Waals surface area contributed by atoms with Crippen molar-refractivity contribution < 1.29 is 14.3 Å². The van der Waals surface area contributed by atoms with Crippen molar-refractivity contribution in [3.8, 4) is 0 Å². The van der Waals surface area contributed by atoms with E-state index in [2.05, 4.69) is 14.9 Å². The maximum Gasteiger partial charge on any atom is 0.227 e. The lowest BCUT2D eigenvalue weighted by atomic mass is 9.71. The van der Waals surface area contributed by atoms with Gasteiger partial charge in [-0.15, -0.1) is 0 Å². The van der Waals surface area contributed by atoms with E-state index in [1.807, 2.05) is 11.0 Å². The minimum atomic E-state index is -0.332. The SMILES string of the molecule is O=C(Cc1ccccc1F)N1CCC2(CC1)CN(c1ccncn1)CC2CO. The van der Waals surface area contributed by atoms with Crippen LogP contribution in [0.25, 0.3) is 0 Å². The van der Waals surface area contributed by atoms with Crippen LogP contribution in [0.4, 0.5) is 10.2 Å². The fourth-order valence-electron chi connectivity index (χ4n) is 4.61. The summed E-state index contributed by atoms with van der Waals surface area (Å²) in [6.07, 6.45) is 5.03. The molecule has 2 saturated heterocycles. The van der Waals surface area contributed by atoms with Gasteiger partial charge in [0.25, 0.3) is 0 Å². The number of aliphatic hydroxyl groups excluding tert-OH is 1. The molecule has 1 spiro atoms. The molecule has 1 amide bonds. The molecule has 1 atom stereocenters. The molecule has 1 aromatic carbocycles. The van der Waals surface area contributed by atoms with Gasteiger partial charge in [0.2, 0.25) is 5.91 Å². The summed E-state index contributed by atoms with van der Waals surface area (Å²) in [7, 11) is 0. The number of likely N-dealkylation sites (tertiary alicyclic amines) is 1. The van der Waals surface area contributed by atoms with Crippen LogP contribution in [0.1, 0.15) is 18.4 Å². The smallest absolute Gasteiger partial charge is 0.227 e. The first-order chi connectivity index (χ1) is 13.6. The Bertz CT molecular complexity index is 824. The predicted molar refractivity (Wildman–Crippen MR) is 103 cm³/mol. The van der Waals surface area contributed by atoms with Gasteiger partial charge in [-0.25, -0.2) is 14.4 Å². The lowest BCUT2D eigenvalue weighted by Crippen LogP contribution is -2.47. The van der Waals surface area contributed by atoms with Crippen LogP contribution in [0.3, 0.4) is 0 Å². The Morgan fingerprint density at radius 1 is 1.25 bits per heavy atom. The number of hydrogen-bond donors (Lipinski definition) is 1. The number of benzene rings is 1. The van der Waals surface area contributed by atoms with Crippen molar-refractivity contribution in [3.05, 3.63) is 54.2 Å². The molecule has 7 heteroatoms. The highest BCUT2D eigenvalue weighted by atomic mass is 19.1. The molecule has 0 aliphatic carbocycles. The van der Waals surface area contributed by atoms with Crippen LogP contribution < -0.4 is 4.90 Å². The van der Waals surface area contributed by atoms with Crippen LogP contribution >= 0.6 is 0 Å². The summed E-state index contributed by atoms with van der Waals surface area (Å²) in [4.78, 5) is 25.0. The van der Waals surface area contributed by atoms with Gasteiger partial charge in [-0.05, 0) is 36.0 Å². The van der Waals surface area contributed by atoms with Crippen LogP contribution in [0.15, 0.2) is 42.9 Å². The average Bonchev–Trinajstić information content (AvgIpc) is 3.09. The van der Waals surface area contributed by atoms with E-state index in [1.165, 1.54) is 12.4 Å². The zero-order chi connectivity index (χ0) is 19.6. The van der Waals surface area contributed by atoms with E-state index in [1.54, 1.807) is 24.4 Å². The second-order valence-electron chi connectivity index (χ2n) is 7.84. The molecular formula is C21H25FN4O2. The Balaban J connectivity index is 1.41. The fraction of sp³-hybridized carbons (Fsp3) is 0.476. The summed E-state index contributed by atoms with van der Waals surface area (Å²) in [5, 5.41) is 9.97. The molecule has 0 saturated carbocycles. The molecule has 1 unspecified atom stereocenters. The highest BCUT2D eigenvalue weighted by Crippen LogP contribution is 2.45. The zero-order valence-electron chi connectivity index (χ0n) is 15.8. The van der Waals surface area contributed by atoms with Crippen LogP contribution in [0, 0.1) is 17.2 Å². The number of nitrogens with zero attached hydrogens (tertiary/aromatic N) is 4. The Labute approximate surface area is 164 Å². The molecule has 2 aromatic rings. The molecule has 0 bridgehead atoms. The van der Waals surface area contributed by atoms with Crippen molar-refractivity contribution in [2.75, 3.05) is 37.7 Å². The maximum absolute atomic E-state index is 13.8. The van der Waals surface area contributed by atoms with E-state index in [0.717, 1.165) is 31.7 Å². The number of aliphatic hydroxyl groups is 1. The van der Waals surface area contributed by atoms with Gasteiger partial charge in [0.05, 0.1) is 6.42 Å². The number of carbonyl (C=O) groups is 1. The normalized spacial score (nSPS) is 21.3. The summed E-state index contributed by atoms with van der Waals surface area (Å²) >= 11 is 0. The molecule has 2 aliphatic heterocycles. The zero-order valence-corrected chi connectivity index (χ0v) is 15.8. The van der Waals surface area contributed by atoms with E-state index in [4.69, 9.17) is 0 Å². The first kappa shape index (κ1) is 18.8. The van der Waals surface area contributed by atoms with Gasteiger partial charge in [0.15, 0.2) is 0 Å². The Kier molecular flexibility index (Phi) is 5.26. The molecule has 1 aromatic heterocycles. The summed E-state index contributed by atoms with van der Waals surface area (Å²) in [6.45, 7) is 2.99. The van der Waals surface area contributed by atoms with Gasteiger partial charge < -0.3 is 14.9 Å². The third kappa shape index (κ3) is 3.58. The first-order valence-electron chi connectivity index (χ1n) is 9.74. The van der Waals surface area contributed by atoms with Crippen LogP contribution in [-0.4, -0.2) is 58.7 Å². The predicted octanol–water partition coefficient (Wildman–Crippen LogP) is 1.90. The third-order valence-corrected chi connectivity index (χ3v) is 6.33. The van der Waals surface area contributed by atoms with Gasteiger partial charge in [-0.2, -0.15) is 0 Å². The fourth-order valence-corrected chi connectivity index (χ4v) is 4.61. The number of rotatable bonds is 4. The van der Waals surface area contributed by atoms with E-state index >= 15 is 0 Å². The molecule has 1 N–H and O–H groups in total. The van der Waals surface area contributed by atoms with E-state index in [-0.39, 0.29) is 36.1 Å². The van der Waals surface area contributed by atoms with Crippen molar-refractivity contribution in [1.82, 2.24) is 14.9 Å². The number of halogens is 1. The second kappa shape index (κ2) is 7.83. The van der Waals surface area contributed by atoms with Gasteiger partial charge in [-0.1, -0.05) is 18.2 Å². The average molecular weight is 384 g/mol. The summed E-state index contributed by atoms with van der Waals surface area (Å²) in [5.41, 5.74) is 0.422. The molecule has 3 heterocycles. The van der Waals surface area contributed by atoms with Crippen molar-refractivity contribution in [2.24, 2.45) is 11.3 Å². The lowest BCUT2D eigenvalue weighted by molar-refractivity contribution is -0.133. The number of aromatic nitrogens is 2. The van der Waals surface area contributed by atoms with Crippen molar-refractivity contribution in [2.45, 2.75) is 19.3 Å². The second-order valence-corrected chi connectivity index (χ2v) is 7.84. The molecule has 2 fully saturated rings. The highest BCUT2D eigenvalue weighted by molar-refractivity contribution is 5.79. The lowest BCUT2D eigenvalue weighted by Gasteiger charge is -2.42. The highest BCUT2D eigenvalue weighted by Gasteiger charge is 2.48. The summed E-state index contributed by atoms with van der Waals surface area (Å²) in [5.74, 6) is 0.668. The minimum absolute atomic E-state index is 0.0194. The third-order valence-electron chi connectivity index (χ3n) is 6.33. The molecular weight excluding hydrogens is 359 g/mol. The van der Waals surface area contributed by atoms with Crippen LogP contribution in [0.5, 0.6) is 0 Å². The summed E-state index contributed by atoms with van der Waals surface area (Å²) in [6, 6.07) is 8.33. The van der Waals surface area contributed by atoms with Gasteiger partial charge in [-0.3, -0.25) is 4.79 Å². The van der Waals surface area contributed by atoms with Gasteiger partial charge in [0, 0.05) is 44.9 Å². The van der Waals surface area contributed by atoms with Gasteiger partial charge >= 0.3 is 0 Å². The number of anilines is 1. The van der Waals surface area contributed by atoms with Crippen LogP contribution in [0.2, 0.25) is 0 Å². The Morgan fingerprint density at radius 3 is 2.71 bits per heavy atom. The van der Waals surface area contributed by atoms with Crippen molar-refractivity contribution >= 4 is 11.7 Å². The maximum atomic E-state index is 13.8. The topological polar surface area (TPSA) is 69.6 Å². The van der Waals surface area contributed by atoms with E-state index in [9.17, 15) is 14.3 Å². The molecule has 0 radical (unpaired) electrons. The quantitative estimate of drug-likeness (QED) is 0.872. The Morgan fingerprint density at radius 2 is 2.04 bits per heavy atom. The number of amides is 1. The van der Waals surface area contributed by atoms with E-state index < -0.39 is 0 Å². The minimum Gasteiger partial charge on any atom is -0.396 e. The van der Waals surface area contributed by atoms with Gasteiger partial charge in [0.1, 0.15) is 18.0 Å². The summed E-state index contributed by atoms with van der Waals surface area (Å²) < 4.78 is 13.8. The largest absolute Gasteiger partial charge is 0.396 e. The molecule has 148 valence electrons. The molecule has 4 rings (SSSR count). The van der Waals surface area contributed by atoms with Crippen molar-refractivity contribution in [1.29, 1.82) is 0 Å². The molecule has 6 nitrogen and oxygen atoms in total. The number of hydrogen-bond acceptors (Lipinski definition) is 5. The van der Waals surface area contributed by atoms with E-state index in [0.29, 0.717) is 18.7 Å². The Hall–Kier alpha value is -2.54. The standard InChI is InChI=1S/C21H25FN4O2/c22-18-4-2-1-3-16(18)11-20(28)25-9-6-21(7-10-25)14-26(12-17(21)13-27)19-5-8-23-15-24-19/h1-5,8,15,17,27H,6-7,9-14H2. The van der Waals surface area contributed by atoms with Crippen LogP contribution in [-0.2, 0) is 11.2 Å².